The van der Waals surface area contributed by atoms with Gasteiger partial charge in [0, 0.05) is 25.2 Å². The Morgan fingerprint density at radius 2 is 1.79 bits per heavy atom. The highest BCUT2D eigenvalue weighted by Gasteiger charge is 2.40. The molecule has 8 heteroatoms. The number of halogens is 3. The fourth-order valence-corrected chi connectivity index (χ4v) is 4.96. The van der Waals surface area contributed by atoms with Gasteiger partial charge in [0.05, 0.1) is 17.1 Å². The Morgan fingerprint density at radius 1 is 1.07 bits per heavy atom. The van der Waals surface area contributed by atoms with Crippen LogP contribution in [0.15, 0.2) is 29.1 Å². The minimum absolute atomic E-state index is 0.0712. The number of likely N-dealkylation sites (tertiary alicyclic amines) is 1. The molecule has 2 aromatic rings. The van der Waals surface area contributed by atoms with E-state index >= 15 is 0 Å². The highest BCUT2D eigenvalue weighted by molar-refractivity contribution is 5.75. The summed E-state index contributed by atoms with van der Waals surface area (Å²) in [5.41, 5.74) is 1.72. The Hall–Kier alpha value is -1.80. The summed E-state index contributed by atoms with van der Waals surface area (Å²) in [4.78, 5) is 17.7. The van der Waals surface area contributed by atoms with Crippen molar-refractivity contribution in [3.63, 3.8) is 0 Å². The number of alkyl halides is 3. The van der Waals surface area contributed by atoms with Crippen LogP contribution in [-0.4, -0.2) is 46.0 Å². The molecule has 2 aliphatic rings. The average Bonchev–Trinajstić information content (AvgIpc) is 2.98. The van der Waals surface area contributed by atoms with Gasteiger partial charge in [0.2, 0.25) is 0 Å². The van der Waals surface area contributed by atoms with Gasteiger partial charge in [-0.05, 0) is 50.2 Å². The summed E-state index contributed by atoms with van der Waals surface area (Å²) >= 11 is 0. The highest BCUT2D eigenvalue weighted by atomic mass is 19.4. The van der Waals surface area contributed by atoms with Crippen LogP contribution < -0.4 is 5.69 Å². The summed E-state index contributed by atoms with van der Waals surface area (Å²) in [5, 5.41) is 0. The van der Waals surface area contributed by atoms with Crippen LogP contribution in [0.1, 0.15) is 45.1 Å². The van der Waals surface area contributed by atoms with Gasteiger partial charge in [0.1, 0.15) is 0 Å². The normalized spacial score (nSPS) is 28.1. The van der Waals surface area contributed by atoms with Gasteiger partial charge in [0.15, 0.2) is 0 Å². The quantitative estimate of drug-likeness (QED) is 0.850. The first-order valence-corrected chi connectivity index (χ1v) is 9.99. The van der Waals surface area contributed by atoms with Gasteiger partial charge in [-0.3, -0.25) is 9.30 Å². The smallest absolute Gasteiger partial charge is 0.306 e. The van der Waals surface area contributed by atoms with Crippen LogP contribution >= 0.6 is 0 Å². The van der Waals surface area contributed by atoms with Gasteiger partial charge in [-0.1, -0.05) is 19.1 Å². The Bertz CT molecular complexity index is 867. The number of hydrogen-bond acceptors (Lipinski definition) is 3. The van der Waals surface area contributed by atoms with Crippen molar-refractivity contribution < 1.29 is 17.9 Å². The van der Waals surface area contributed by atoms with E-state index in [9.17, 15) is 18.0 Å². The predicted octanol–water partition coefficient (Wildman–Crippen LogP) is 4.06. The molecule has 4 rings (SSSR count). The average molecular weight is 397 g/mol. The summed E-state index contributed by atoms with van der Waals surface area (Å²) in [6.07, 6.45) is -1.67. The number of rotatable bonds is 3. The van der Waals surface area contributed by atoms with Crippen LogP contribution in [0, 0.1) is 5.92 Å². The van der Waals surface area contributed by atoms with E-state index in [1.807, 2.05) is 35.8 Å². The van der Waals surface area contributed by atoms with Crippen molar-refractivity contribution in [2.75, 3.05) is 13.1 Å². The van der Waals surface area contributed by atoms with Gasteiger partial charge >= 0.3 is 12.1 Å². The molecule has 5 nitrogen and oxygen atoms in total. The standard InChI is InChI=1S/C20H26F3N3O2/c1-13-12-15(6-7-18(13)28-20(21,22)23)25-10-8-14(9-11-25)26-17-5-3-2-4-16(17)24-19(26)27/h2-5,13-15,18H,6-12H2,1H3,(H,24,27). The van der Waals surface area contributed by atoms with E-state index in [4.69, 9.17) is 0 Å². The molecule has 28 heavy (non-hydrogen) atoms. The maximum absolute atomic E-state index is 12.5. The van der Waals surface area contributed by atoms with Crippen LogP contribution in [0.2, 0.25) is 0 Å². The van der Waals surface area contributed by atoms with Crippen molar-refractivity contribution in [2.45, 2.75) is 63.6 Å². The Kier molecular flexibility index (Phi) is 5.26. The number of H-pyrrole nitrogens is 1. The topological polar surface area (TPSA) is 50.3 Å². The summed E-state index contributed by atoms with van der Waals surface area (Å²) in [6.45, 7) is 3.57. The van der Waals surface area contributed by atoms with E-state index in [1.54, 1.807) is 0 Å². The Balaban J connectivity index is 1.37. The summed E-state index contributed by atoms with van der Waals surface area (Å²) < 4.78 is 43.7. The lowest BCUT2D eigenvalue weighted by molar-refractivity contribution is -0.351. The van der Waals surface area contributed by atoms with Gasteiger partial charge in [0.25, 0.3) is 0 Å². The lowest BCUT2D eigenvalue weighted by Gasteiger charge is -2.43. The van der Waals surface area contributed by atoms with E-state index in [-0.39, 0.29) is 17.6 Å². The molecule has 0 amide bonds. The van der Waals surface area contributed by atoms with Crippen molar-refractivity contribution in [1.29, 1.82) is 0 Å². The van der Waals surface area contributed by atoms with E-state index in [1.165, 1.54) is 0 Å². The molecular weight excluding hydrogens is 371 g/mol. The number of piperidine rings is 1. The number of ether oxygens (including phenoxy) is 1. The molecule has 0 radical (unpaired) electrons. The first kappa shape index (κ1) is 19.5. The third kappa shape index (κ3) is 3.98. The number of para-hydroxylation sites is 2. The summed E-state index contributed by atoms with van der Waals surface area (Å²) in [7, 11) is 0. The maximum Gasteiger partial charge on any atom is 0.522 e. The number of aromatic amines is 1. The predicted molar refractivity (Wildman–Crippen MR) is 100 cm³/mol. The molecule has 3 atom stereocenters. The molecule has 1 aromatic carbocycles. The van der Waals surface area contributed by atoms with Gasteiger partial charge in [-0.2, -0.15) is 0 Å². The zero-order valence-electron chi connectivity index (χ0n) is 15.9. The minimum Gasteiger partial charge on any atom is -0.306 e. The van der Waals surface area contributed by atoms with E-state index < -0.39 is 12.5 Å². The molecule has 1 aromatic heterocycles. The molecule has 1 saturated heterocycles. The molecule has 1 N–H and O–H groups in total. The third-order valence-corrected chi connectivity index (χ3v) is 6.35. The van der Waals surface area contributed by atoms with E-state index in [0.717, 1.165) is 49.8 Å². The Morgan fingerprint density at radius 3 is 2.46 bits per heavy atom. The SMILES string of the molecule is CC1CC(N2CCC(n3c(=O)[nH]c4ccccc43)CC2)CCC1OC(F)(F)F. The van der Waals surface area contributed by atoms with Crippen molar-refractivity contribution >= 4 is 11.0 Å². The molecule has 2 fully saturated rings. The fourth-order valence-electron chi connectivity index (χ4n) is 4.96. The summed E-state index contributed by atoms with van der Waals surface area (Å²) in [5.74, 6) is -0.116. The van der Waals surface area contributed by atoms with E-state index in [2.05, 4.69) is 14.6 Å². The number of nitrogens with one attached hydrogen (secondary N) is 1. The molecular formula is C20H26F3N3O2. The number of aromatic nitrogens is 2. The zero-order valence-corrected chi connectivity index (χ0v) is 15.9. The van der Waals surface area contributed by atoms with Crippen LogP contribution in [0.25, 0.3) is 11.0 Å². The number of benzene rings is 1. The lowest BCUT2D eigenvalue weighted by Crippen LogP contribution is -2.47. The molecule has 1 aliphatic heterocycles. The largest absolute Gasteiger partial charge is 0.522 e. The summed E-state index contributed by atoms with van der Waals surface area (Å²) in [6, 6.07) is 8.16. The van der Waals surface area contributed by atoms with Crippen LogP contribution in [0.5, 0.6) is 0 Å². The molecule has 0 bridgehead atoms. The second kappa shape index (κ2) is 7.55. The molecule has 1 aliphatic carbocycles. The van der Waals surface area contributed by atoms with Crippen LogP contribution in [0.4, 0.5) is 13.2 Å². The highest BCUT2D eigenvalue weighted by Crippen LogP contribution is 2.35. The maximum atomic E-state index is 12.5. The third-order valence-electron chi connectivity index (χ3n) is 6.35. The van der Waals surface area contributed by atoms with Gasteiger partial charge < -0.3 is 9.88 Å². The van der Waals surface area contributed by atoms with Crippen LogP contribution in [0.3, 0.4) is 0 Å². The molecule has 154 valence electrons. The fraction of sp³-hybridized carbons (Fsp3) is 0.650. The first-order valence-electron chi connectivity index (χ1n) is 9.99. The van der Waals surface area contributed by atoms with Crippen molar-refractivity contribution in [1.82, 2.24) is 14.5 Å². The van der Waals surface area contributed by atoms with Gasteiger partial charge in [-0.25, -0.2) is 4.79 Å². The monoisotopic (exact) mass is 397 g/mol. The number of nitrogens with zero attached hydrogens (tertiary/aromatic N) is 2. The van der Waals surface area contributed by atoms with Crippen molar-refractivity contribution in [3.8, 4) is 0 Å². The second-order valence-corrected chi connectivity index (χ2v) is 8.13. The van der Waals surface area contributed by atoms with Crippen molar-refractivity contribution in [3.05, 3.63) is 34.7 Å². The zero-order chi connectivity index (χ0) is 19.9. The van der Waals surface area contributed by atoms with Crippen molar-refractivity contribution in [2.24, 2.45) is 5.92 Å². The van der Waals surface area contributed by atoms with Gasteiger partial charge in [-0.15, -0.1) is 13.2 Å². The first-order chi connectivity index (χ1) is 13.3. The lowest BCUT2D eigenvalue weighted by atomic mass is 9.83. The number of imidazole rings is 1. The minimum atomic E-state index is -4.56. The molecule has 3 unspecified atom stereocenters. The molecule has 1 saturated carbocycles. The number of fused-ring (bicyclic) bond motifs is 1. The molecule has 0 spiro atoms. The van der Waals surface area contributed by atoms with Crippen LogP contribution in [-0.2, 0) is 4.74 Å². The molecule has 2 heterocycles. The number of hydrogen-bond donors (Lipinski definition) is 1. The second-order valence-electron chi connectivity index (χ2n) is 8.13. The Labute approximate surface area is 161 Å². The van der Waals surface area contributed by atoms with E-state index in [0.29, 0.717) is 12.5 Å².